The number of carbonyl (C=O) groups is 1. The fraction of sp³-hybridized carbons (Fsp3) is 0.632. The SMILES string of the molecule is CN1CCC2(CCCN(C(=O)c3ccc(F)cc3)[C@@H]2CNS(C)(=O)=O)CC1. The average molecular weight is 398 g/mol. The summed E-state index contributed by atoms with van der Waals surface area (Å²) in [5.74, 6) is -0.541. The lowest BCUT2D eigenvalue weighted by Gasteiger charge is -2.53. The van der Waals surface area contributed by atoms with Gasteiger partial charge in [0.05, 0.1) is 12.3 Å². The molecule has 1 spiro atoms. The molecule has 3 rings (SSSR count). The van der Waals surface area contributed by atoms with Crippen molar-refractivity contribution in [2.24, 2.45) is 5.41 Å². The van der Waals surface area contributed by atoms with Gasteiger partial charge >= 0.3 is 0 Å². The van der Waals surface area contributed by atoms with E-state index in [1.54, 1.807) is 4.90 Å². The highest BCUT2D eigenvalue weighted by atomic mass is 32.2. The second-order valence-corrected chi connectivity index (χ2v) is 9.74. The fourth-order valence-corrected chi connectivity index (χ4v) is 4.92. The van der Waals surface area contributed by atoms with Gasteiger partial charge in [0.2, 0.25) is 10.0 Å². The number of hydrogen-bond donors (Lipinski definition) is 1. The summed E-state index contributed by atoms with van der Waals surface area (Å²) in [7, 11) is -1.27. The molecule has 2 aliphatic rings. The molecule has 2 heterocycles. The predicted octanol–water partition coefficient (Wildman–Crippen LogP) is 1.69. The lowest BCUT2D eigenvalue weighted by Crippen LogP contribution is -2.61. The fourth-order valence-electron chi connectivity index (χ4n) is 4.46. The van der Waals surface area contributed by atoms with Crippen LogP contribution in [-0.4, -0.2) is 69.6 Å². The van der Waals surface area contributed by atoms with Crippen LogP contribution in [0.3, 0.4) is 0 Å². The number of benzene rings is 1. The number of nitrogens with zero attached hydrogens (tertiary/aromatic N) is 2. The highest BCUT2D eigenvalue weighted by molar-refractivity contribution is 7.88. The first-order valence-electron chi connectivity index (χ1n) is 9.40. The van der Waals surface area contributed by atoms with Gasteiger partial charge in [-0.05, 0) is 75.5 Å². The van der Waals surface area contributed by atoms with Gasteiger partial charge in [-0.25, -0.2) is 17.5 Å². The lowest BCUT2D eigenvalue weighted by atomic mass is 9.66. The van der Waals surface area contributed by atoms with Crippen molar-refractivity contribution in [1.82, 2.24) is 14.5 Å². The second-order valence-electron chi connectivity index (χ2n) is 7.91. The Balaban J connectivity index is 1.89. The van der Waals surface area contributed by atoms with Crippen molar-refractivity contribution in [2.75, 3.05) is 39.5 Å². The van der Waals surface area contributed by atoms with Crippen LogP contribution >= 0.6 is 0 Å². The van der Waals surface area contributed by atoms with Gasteiger partial charge in [-0.2, -0.15) is 0 Å². The first-order chi connectivity index (χ1) is 12.7. The number of likely N-dealkylation sites (tertiary alicyclic amines) is 2. The molecule has 27 heavy (non-hydrogen) atoms. The number of halogens is 1. The molecule has 8 heteroatoms. The molecule has 2 fully saturated rings. The Morgan fingerprint density at radius 2 is 1.81 bits per heavy atom. The number of hydrogen-bond acceptors (Lipinski definition) is 4. The van der Waals surface area contributed by atoms with Crippen molar-refractivity contribution in [3.05, 3.63) is 35.6 Å². The molecule has 0 aliphatic carbocycles. The van der Waals surface area contributed by atoms with E-state index in [1.807, 2.05) is 0 Å². The Kier molecular flexibility index (Phi) is 5.88. The largest absolute Gasteiger partial charge is 0.334 e. The molecule has 0 aromatic heterocycles. The van der Waals surface area contributed by atoms with Crippen molar-refractivity contribution in [3.63, 3.8) is 0 Å². The second kappa shape index (κ2) is 7.85. The standard InChI is InChI=1S/C19H28FN3O3S/c1-22-12-9-19(10-13-22)8-3-11-23(17(19)14-21-27(2,25)26)18(24)15-4-6-16(20)7-5-15/h4-7,17,21H,3,8-14H2,1-2H3/t17-/m1/s1. The third-order valence-corrected chi connectivity index (χ3v) is 6.72. The molecule has 1 aromatic rings. The zero-order valence-electron chi connectivity index (χ0n) is 15.9. The average Bonchev–Trinajstić information content (AvgIpc) is 2.62. The summed E-state index contributed by atoms with van der Waals surface area (Å²) < 4.78 is 39.3. The maximum Gasteiger partial charge on any atom is 0.254 e. The summed E-state index contributed by atoms with van der Waals surface area (Å²) in [5, 5.41) is 0. The smallest absolute Gasteiger partial charge is 0.254 e. The summed E-state index contributed by atoms with van der Waals surface area (Å²) in [6.45, 7) is 2.68. The molecule has 150 valence electrons. The maximum atomic E-state index is 13.2. The lowest BCUT2D eigenvalue weighted by molar-refractivity contribution is -0.0168. The molecule has 1 amide bonds. The molecule has 1 N–H and O–H groups in total. The zero-order chi connectivity index (χ0) is 19.7. The minimum atomic E-state index is -3.36. The van der Waals surface area contributed by atoms with Crippen LogP contribution in [0.15, 0.2) is 24.3 Å². The minimum absolute atomic E-state index is 0.0852. The Morgan fingerprint density at radius 3 is 2.41 bits per heavy atom. The number of piperidine rings is 2. The van der Waals surface area contributed by atoms with Gasteiger partial charge in [-0.3, -0.25) is 4.79 Å². The number of carbonyl (C=O) groups excluding carboxylic acids is 1. The van der Waals surface area contributed by atoms with Crippen molar-refractivity contribution in [2.45, 2.75) is 31.7 Å². The van der Waals surface area contributed by atoms with Crippen LogP contribution in [0.4, 0.5) is 4.39 Å². The molecule has 1 aromatic carbocycles. The number of nitrogens with one attached hydrogen (secondary N) is 1. The summed E-state index contributed by atoms with van der Waals surface area (Å²) in [5.41, 5.74) is 0.351. The number of amides is 1. The van der Waals surface area contributed by atoms with Gasteiger partial charge in [0, 0.05) is 18.7 Å². The minimum Gasteiger partial charge on any atom is -0.334 e. The van der Waals surface area contributed by atoms with Gasteiger partial charge < -0.3 is 9.80 Å². The van der Waals surface area contributed by atoms with Gasteiger partial charge in [0.1, 0.15) is 5.82 Å². The highest BCUT2D eigenvalue weighted by Gasteiger charge is 2.47. The summed E-state index contributed by atoms with van der Waals surface area (Å²) in [4.78, 5) is 17.2. The van der Waals surface area contributed by atoms with E-state index in [1.165, 1.54) is 24.3 Å². The van der Waals surface area contributed by atoms with Gasteiger partial charge in [-0.1, -0.05) is 0 Å². The first-order valence-corrected chi connectivity index (χ1v) is 11.3. The molecule has 0 unspecified atom stereocenters. The van der Waals surface area contributed by atoms with Crippen LogP contribution < -0.4 is 4.72 Å². The highest BCUT2D eigenvalue weighted by Crippen LogP contribution is 2.44. The molecular weight excluding hydrogens is 369 g/mol. The Bertz CT molecular complexity index is 774. The summed E-state index contributed by atoms with van der Waals surface area (Å²) in [6.07, 6.45) is 4.90. The van der Waals surface area contributed by atoms with Gasteiger partial charge in [0.15, 0.2) is 0 Å². The van der Waals surface area contributed by atoms with E-state index in [0.717, 1.165) is 45.0 Å². The van der Waals surface area contributed by atoms with Crippen molar-refractivity contribution >= 4 is 15.9 Å². The van der Waals surface area contributed by atoms with Crippen LogP contribution in [0.2, 0.25) is 0 Å². The topological polar surface area (TPSA) is 69.7 Å². The first kappa shape index (κ1) is 20.2. The normalized spacial score (nSPS) is 23.5. The molecule has 0 radical (unpaired) electrons. The molecule has 0 bridgehead atoms. The molecule has 6 nitrogen and oxygen atoms in total. The quantitative estimate of drug-likeness (QED) is 0.840. The van der Waals surface area contributed by atoms with Crippen LogP contribution in [0.1, 0.15) is 36.0 Å². The van der Waals surface area contributed by atoms with Gasteiger partial charge in [0.25, 0.3) is 5.91 Å². The Hall–Kier alpha value is -1.51. The van der Waals surface area contributed by atoms with Crippen LogP contribution in [0, 0.1) is 11.2 Å². The number of sulfonamides is 1. The van der Waals surface area contributed by atoms with E-state index < -0.39 is 10.0 Å². The predicted molar refractivity (Wildman–Crippen MR) is 102 cm³/mol. The molecule has 1 atom stereocenters. The summed E-state index contributed by atoms with van der Waals surface area (Å²) >= 11 is 0. The van der Waals surface area contributed by atoms with E-state index in [0.29, 0.717) is 12.1 Å². The Labute approximate surface area is 160 Å². The van der Waals surface area contributed by atoms with E-state index in [4.69, 9.17) is 0 Å². The monoisotopic (exact) mass is 397 g/mol. The molecule has 2 saturated heterocycles. The third kappa shape index (κ3) is 4.67. The van der Waals surface area contributed by atoms with Crippen LogP contribution in [0.5, 0.6) is 0 Å². The molecule has 2 aliphatic heterocycles. The summed E-state index contributed by atoms with van der Waals surface area (Å²) in [6, 6.07) is 5.36. The van der Waals surface area contributed by atoms with E-state index in [9.17, 15) is 17.6 Å². The molecular formula is C19H28FN3O3S. The third-order valence-electron chi connectivity index (χ3n) is 6.03. The van der Waals surface area contributed by atoms with E-state index >= 15 is 0 Å². The Morgan fingerprint density at radius 1 is 1.19 bits per heavy atom. The van der Waals surface area contributed by atoms with Crippen LogP contribution in [0.25, 0.3) is 0 Å². The molecule has 0 saturated carbocycles. The van der Waals surface area contributed by atoms with Gasteiger partial charge in [-0.15, -0.1) is 0 Å². The van der Waals surface area contributed by atoms with Crippen LogP contribution in [-0.2, 0) is 10.0 Å². The maximum absolute atomic E-state index is 13.2. The van der Waals surface area contributed by atoms with E-state index in [2.05, 4.69) is 16.7 Å². The number of rotatable bonds is 4. The van der Waals surface area contributed by atoms with Crippen molar-refractivity contribution < 1.29 is 17.6 Å². The van der Waals surface area contributed by atoms with Crippen molar-refractivity contribution in [3.8, 4) is 0 Å². The van der Waals surface area contributed by atoms with E-state index in [-0.39, 0.29) is 29.7 Å². The zero-order valence-corrected chi connectivity index (χ0v) is 16.8. The van der Waals surface area contributed by atoms with Crippen molar-refractivity contribution in [1.29, 1.82) is 0 Å².